The quantitative estimate of drug-likeness (QED) is 0.828. The molecular formula is C9H10INO3. The molecule has 0 saturated carbocycles. The van der Waals surface area contributed by atoms with E-state index in [9.17, 15) is 4.79 Å². The number of benzene rings is 1. The first-order valence-electron chi connectivity index (χ1n) is 3.88. The van der Waals surface area contributed by atoms with Gasteiger partial charge in [0.15, 0.2) is 0 Å². The van der Waals surface area contributed by atoms with Crippen molar-refractivity contribution in [2.45, 2.75) is 6.04 Å². The molecule has 0 aliphatic heterocycles. The summed E-state index contributed by atoms with van der Waals surface area (Å²) in [7, 11) is 1.49. The number of hydrogen-bond donors (Lipinski definition) is 2. The van der Waals surface area contributed by atoms with E-state index in [1.807, 2.05) is 22.6 Å². The summed E-state index contributed by atoms with van der Waals surface area (Å²) in [5.41, 5.74) is 6.05. The highest BCUT2D eigenvalue weighted by Crippen LogP contribution is 2.28. The van der Waals surface area contributed by atoms with E-state index in [0.717, 1.165) is 3.57 Å². The molecule has 1 unspecified atom stereocenters. The summed E-state index contributed by atoms with van der Waals surface area (Å²) < 4.78 is 5.84. The first kappa shape index (κ1) is 11.3. The van der Waals surface area contributed by atoms with Crippen molar-refractivity contribution in [3.05, 3.63) is 27.3 Å². The summed E-state index contributed by atoms with van der Waals surface area (Å²) in [5.74, 6) is -0.556. The molecule has 0 bridgehead atoms. The summed E-state index contributed by atoms with van der Waals surface area (Å²) in [6, 6.07) is 4.23. The van der Waals surface area contributed by atoms with Crippen LogP contribution in [-0.2, 0) is 4.79 Å². The van der Waals surface area contributed by atoms with Crippen molar-refractivity contribution in [2.75, 3.05) is 7.11 Å². The highest BCUT2D eigenvalue weighted by Gasteiger charge is 2.21. The normalized spacial score (nSPS) is 12.2. The van der Waals surface area contributed by atoms with Gasteiger partial charge in [-0.15, -0.1) is 0 Å². The van der Waals surface area contributed by atoms with E-state index >= 15 is 0 Å². The fraction of sp³-hybridized carbons (Fsp3) is 0.222. The Balaban J connectivity index is 3.23. The molecule has 0 saturated heterocycles. The van der Waals surface area contributed by atoms with Gasteiger partial charge < -0.3 is 15.6 Å². The van der Waals surface area contributed by atoms with Crippen LogP contribution in [-0.4, -0.2) is 18.2 Å². The number of rotatable bonds is 3. The number of nitrogens with two attached hydrogens (primary N) is 1. The van der Waals surface area contributed by atoms with Gasteiger partial charge >= 0.3 is 5.97 Å². The maximum Gasteiger partial charge on any atom is 0.325 e. The lowest BCUT2D eigenvalue weighted by atomic mass is 10.1. The smallest absolute Gasteiger partial charge is 0.325 e. The van der Waals surface area contributed by atoms with E-state index in [2.05, 4.69) is 0 Å². The number of aliphatic carboxylic acids is 1. The van der Waals surface area contributed by atoms with Gasteiger partial charge in [-0.3, -0.25) is 4.79 Å². The molecule has 5 heteroatoms. The topological polar surface area (TPSA) is 72.5 Å². The van der Waals surface area contributed by atoms with E-state index in [4.69, 9.17) is 15.6 Å². The van der Waals surface area contributed by atoms with Gasteiger partial charge in [0.05, 0.1) is 7.11 Å². The number of carboxylic acid groups (broad SMARTS) is 1. The monoisotopic (exact) mass is 307 g/mol. The van der Waals surface area contributed by atoms with E-state index in [1.165, 1.54) is 7.11 Å². The Hall–Kier alpha value is -0.820. The fourth-order valence-corrected chi connectivity index (χ4v) is 1.93. The van der Waals surface area contributed by atoms with Crippen LogP contribution in [0.25, 0.3) is 0 Å². The van der Waals surface area contributed by atoms with Crippen LogP contribution in [0.1, 0.15) is 11.6 Å². The van der Waals surface area contributed by atoms with Gasteiger partial charge in [-0.1, -0.05) is 6.07 Å². The van der Waals surface area contributed by atoms with E-state index in [-0.39, 0.29) is 0 Å². The van der Waals surface area contributed by atoms with Gasteiger partial charge in [-0.25, -0.2) is 0 Å². The molecule has 76 valence electrons. The first-order valence-corrected chi connectivity index (χ1v) is 4.96. The Labute approximate surface area is 95.2 Å². The molecule has 0 spiro atoms. The van der Waals surface area contributed by atoms with Gasteiger partial charge in [0.1, 0.15) is 11.8 Å². The highest BCUT2D eigenvalue weighted by molar-refractivity contribution is 14.1. The molecule has 1 aromatic carbocycles. The number of hydrogen-bond acceptors (Lipinski definition) is 3. The molecular weight excluding hydrogens is 297 g/mol. The molecule has 0 amide bonds. The number of ether oxygens (including phenoxy) is 1. The maximum atomic E-state index is 10.7. The summed E-state index contributed by atoms with van der Waals surface area (Å²) in [4.78, 5) is 10.7. The van der Waals surface area contributed by atoms with Crippen LogP contribution in [0.15, 0.2) is 18.2 Å². The van der Waals surface area contributed by atoms with Crippen molar-refractivity contribution in [3.8, 4) is 5.75 Å². The second-order valence-corrected chi connectivity index (χ2v) is 3.83. The van der Waals surface area contributed by atoms with Crippen molar-refractivity contribution in [1.82, 2.24) is 0 Å². The molecule has 0 aliphatic rings. The number of carbonyl (C=O) groups is 1. The number of methoxy groups -OCH3 is 1. The standard InChI is InChI=1S/C9H10INO3/c1-14-6-4-2-3-5(10)7(6)8(11)9(12)13/h2-4,8H,11H2,1H3,(H,12,13). The largest absolute Gasteiger partial charge is 0.496 e. The fourth-order valence-electron chi connectivity index (χ4n) is 1.12. The van der Waals surface area contributed by atoms with Crippen molar-refractivity contribution < 1.29 is 14.6 Å². The second-order valence-electron chi connectivity index (χ2n) is 2.67. The lowest BCUT2D eigenvalue weighted by molar-refractivity contribution is -0.138. The van der Waals surface area contributed by atoms with Gasteiger partial charge in [0, 0.05) is 9.13 Å². The average molecular weight is 307 g/mol. The molecule has 1 atom stereocenters. The summed E-state index contributed by atoms with van der Waals surface area (Å²) in [5, 5.41) is 8.80. The Morgan fingerprint density at radius 1 is 1.64 bits per heavy atom. The summed E-state index contributed by atoms with van der Waals surface area (Å²) in [6.45, 7) is 0. The molecule has 3 N–H and O–H groups in total. The third-order valence-corrected chi connectivity index (χ3v) is 2.75. The van der Waals surface area contributed by atoms with Crippen LogP contribution in [0.5, 0.6) is 5.75 Å². The van der Waals surface area contributed by atoms with Crippen molar-refractivity contribution in [3.63, 3.8) is 0 Å². The molecule has 4 nitrogen and oxygen atoms in total. The summed E-state index contributed by atoms with van der Waals surface area (Å²) in [6.07, 6.45) is 0. The molecule has 0 radical (unpaired) electrons. The Morgan fingerprint density at radius 3 is 2.79 bits per heavy atom. The Bertz CT molecular complexity index is 354. The van der Waals surface area contributed by atoms with E-state index in [0.29, 0.717) is 11.3 Å². The number of carboxylic acids is 1. The van der Waals surface area contributed by atoms with E-state index < -0.39 is 12.0 Å². The van der Waals surface area contributed by atoms with Crippen LogP contribution in [0.4, 0.5) is 0 Å². The minimum atomic E-state index is -1.06. The Morgan fingerprint density at radius 2 is 2.29 bits per heavy atom. The van der Waals surface area contributed by atoms with Crippen molar-refractivity contribution in [1.29, 1.82) is 0 Å². The SMILES string of the molecule is COc1cccc(I)c1C(N)C(=O)O. The third kappa shape index (κ3) is 2.16. The predicted octanol–water partition coefficient (Wildman–Crippen LogP) is 1.38. The van der Waals surface area contributed by atoms with Crippen LogP contribution in [0.3, 0.4) is 0 Å². The molecule has 0 aromatic heterocycles. The van der Waals surface area contributed by atoms with Crippen LogP contribution < -0.4 is 10.5 Å². The van der Waals surface area contributed by atoms with Crippen molar-refractivity contribution >= 4 is 28.6 Å². The number of halogens is 1. The van der Waals surface area contributed by atoms with Gasteiger partial charge in [-0.05, 0) is 34.7 Å². The maximum absolute atomic E-state index is 10.7. The van der Waals surface area contributed by atoms with E-state index in [1.54, 1.807) is 18.2 Å². The highest BCUT2D eigenvalue weighted by atomic mass is 127. The Kier molecular flexibility index (Phi) is 3.70. The summed E-state index contributed by atoms with van der Waals surface area (Å²) >= 11 is 2.03. The molecule has 1 aromatic rings. The zero-order chi connectivity index (χ0) is 10.7. The predicted molar refractivity (Wildman–Crippen MR) is 60.3 cm³/mol. The second kappa shape index (κ2) is 4.61. The zero-order valence-corrected chi connectivity index (χ0v) is 9.69. The molecule has 0 fully saturated rings. The average Bonchev–Trinajstić information content (AvgIpc) is 2.16. The lowest BCUT2D eigenvalue weighted by Gasteiger charge is -2.13. The lowest BCUT2D eigenvalue weighted by Crippen LogP contribution is -2.22. The van der Waals surface area contributed by atoms with Crippen LogP contribution in [0.2, 0.25) is 0 Å². The van der Waals surface area contributed by atoms with Gasteiger partial charge in [0.2, 0.25) is 0 Å². The van der Waals surface area contributed by atoms with Crippen LogP contribution in [0, 0.1) is 3.57 Å². The third-order valence-electron chi connectivity index (χ3n) is 1.81. The molecule has 1 rings (SSSR count). The van der Waals surface area contributed by atoms with Gasteiger partial charge in [-0.2, -0.15) is 0 Å². The first-order chi connectivity index (χ1) is 6.57. The minimum Gasteiger partial charge on any atom is -0.496 e. The minimum absolute atomic E-state index is 0.506. The molecule has 0 heterocycles. The molecule has 14 heavy (non-hydrogen) atoms. The molecule has 0 aliphatic carbocycles. The van der Waals surface area contributed by atoms with Crippen LogP contribution >= 0.6 is 22.6 Å². The van der Waals surface area contributed by atoms with Crippen molar-refractivity contribution in [2.24, 2.45) is 5.73 Å². The zero-order valence-electron chi connectivity index (χ0n) is 7.53. The van der Waals surface area contributed by atoms with Gasteiger partial charge in [0.25, 0.3) is 0 Å².